The smallest absolute Gasteiger partial charge is 0.426 e. The van der Waals surface area contributed by atoms with E-state index >= 15 is 0 Å². The van der Waals surface area contributed by atoms with Crippen LogP contribution in [0.1, 0.15) is 18.4 Å². The minimum Gasteiger partial charge on any atom is -0.426 e. The summed E-state index contributed by atoms with van der Waals surface area (Å²) in [7, 11) is -1.65. The quantitative estimate of drug-likeness (QED) is 0.488. The Hall–Kier alpha value is -3.30. The number of benzene rings is 2. The van der Waals surface area contributed by atoms with Crippen molar-refractivity contribution in [3.05, 3.63) is 72.6 Å². The predicted molar refractivity (Wildman–Crippen MR) is 119 cm³/mol. The van der Waals surface area contributed by atoms with E-state index in [4.69, 9.17) is 0 Å². The molecule has 0 saturated heterocycles. The molecule has 2 heterocycles. The van der Waals surface area contributed by atoms with E-state index in [-0.39, 0.29) is 18.4 Å². The van der Waals surface area contributed by atoms with Crippen LogP contribution in [0.5, 0.6) is 0 Å². The number of anilines is 1. The van der Waals surface area contributed by atoms with Crippen molar-refractivity contribution in [2.45, 2.75) is 31.2 Å². The van der Waals surface area contributed by atoms with Gasteiger partial charge in [0.15, 0.2) is 0 Å². The van der Waals surface area contributed by atoms with Gasteiger partial charge in [0, 0.05) is 12.6 Å². The van der Waals surface area contributed by atoms with Crippen molar-refractivity contribution in [2.75, 3.05) is 11.6 Å². The van der Waals surface area contributed by atoms with Crippen molar-refractivity contribution in [1.82, 2.24) is 10.3 Å². The minimum absolute atomic E-state index is 0.0936. The second-order valence-corrected chi connectivity index (χ2v) is 7.66. The highest BCUT2D eigenvalue weighted by atomic mass is 16.4. The highest BCUT2D eigenvalue weighted by molar-refractivity contribution is 6.43. The summed E-state index contributed by atoms with van der Waals surface area (Å²) >= 11 is 0. The molecule has 0 radical (unpaired) electrons. The van der Waals surface area contributed by atoms with E-state index in [9.17, 15) is 14.8 Å². The third-order valence-electron chi connectivity index (χ3n) is 5.33. The number of carbonyl (C=O) groups is 1. The summed E-state index contributed by atoms with van der Waals surface area (Å²) in [6, 6.07) is 17.5. The first-order valence-electron chi connectivity index (χ1n) is 10.3. The standard InChI is InChI=1S/C22H24BN5O3/c29-22(10-9-19-15-28(27-26-19)20-6-3-11-24-14-20)25-21(23(30)31)13-16-7-8-17-4-1-2-5-18(17)12-16/h1-8,11-12,14,19,21,30-31H,9-10,13,15H2,(H,25,29). The molecule has 0 bridgehead atoms. The number of hydrogen-bond acceptors (Lipinski definition) is 7. The molecule has 0 spiro atoms. The fraction of sp³-hybridized carbons (Fsp3) is 0.273. The Morgan fingerprint density at radius 3 is 2.77 bits per heavy atom. The van der Waals surface area contributed by atoms with Gasteiger partial charge in [-0.3, -0.25) is 9.78 Å². The maximum absolute atomic E-state index is 12.4. The Labute approximate surface area is 180 Å². The molecule has 0 saturated carbocycles. The van der Waals surface area contributed by atoms with Gasteiger partial charge in [-0.25, -0.2) is 5.01 Å². The van der Waals surface area contributed by atoms with Crippen molar-refractivity contribution >= 4 is 29.5 Å². The highest BCUT2D eigenvalue weighted by Crippen LogP contribution is 2.21. The van der Waals surface area contributed by atoms with E-state index in [1.807, 2.05) is 54.6 Å². The van der Waals surface area contributed by atoms with Gasteiger partial charge in [-0.15, -0.1) is 0 Å². The lowest BCUT2D eigenvalue weighted by Crippen LogP contribution is -2.48. The Morgan fingerprint density at radius 1 is 1.16 bits per heavy atom. The fourth-order valence-corrected chi connectivity index (χ4v) is 3.65. The molecule has 1 aliphatic rings. The van der Waals surface area contributed by atoms with Crippen molar-refractivity contribution < 1.29 is 14.8 Å². The van der Waals surface area contributed by atoms with Gasteiger partial charge in [-0.2, -0.15) is 5.11 Å². The number of nitrogens with one attached hydrogen (secondary N) is 1. The van der Waals surface area contributed by atoms with Gasteiger partial charge in [-0.1, -0.05) is 47.7 Å². The normalized spacial score (nSPS) is 16.5. The van der Waals surface area contributed by atoms with Crippen LogP contribution in [0, 0.1) is 0 Å². The molecule has 4 rings (SSSR count). The lowest BCUT2D eigenvalue weighted by molar-refractivity contribution is -0.121. The van der Waals surface area contributed by atoms with E-state index in [0.29, 0.717) is 19.4 Å². The number of rotatable bonds is 8. The van der Waals surface area contributed by atoms with Crippen LogP contribution in [-0.2, 0) is 11.2 Å². The Kier molecular flexibility index (Phi) is 6.54. The van der Waals surface area contributed by atoms with Gasteiger partial charge in [0.05, 0.1) is 30.4 Å². The molecule has 3 aromatic rings. The van der Waals surface area contributed by atoms with Crippen molar-refractivity contribution in [3.63, 3.8) is 0 Å². The van der Waals surface area contributed by atoms with Crippen molar-refractivity contribution in [2.24, 2.45) is 10.3 Å². The van der Waals surface area contributed by atoms with Crippen LogP contribution in [-0.4, -0.2) is 46.6 Å². The topological polar surface area (TPSA) is 110 Å². The second-order valence-electron chi connectivity index (χ2n) is 7.66. The zero-order chi connectivity index (χ0) is 21.6. The highest BCUT2D eigenvalue weighted by Gasteiger charge is 2.27. The summed E-state index contributed by atoms with van der Waals surface area (Å²) in [4.78, 5) is 16.5. The summed E-state index contributed by atoms with van der Waals surface area (Å²) in [5.74, 6) is -1.03. The summed E-state index contributed by atoms with van der Waals surface area (Å²) in [6.07, 6.45) is 4.49. The summed E-state index contributed by atoms with van der Waals surface area (Å²) in [6.45, 7) is 0.585. The molecule has 158 valence electrons. The average molecular weight is 417 g/mol. The van der Waals surface area contributed by atoms with Crippen molar-refractivity contribution in [1.29, 1.82) is 0 Å². The van der Waals surface area contributed by atoms with Crippen LogP contribution in [0.15, 0.2) is 77.3 Å². The molecular formula is C22H24BN5O3. The average Bonchev–Trinajstić information content (AvgIpc) is 3.27. The first-order chi connectivity index (χ1) is 15.1. The van der Waals surface area contributed by atoms with E-state index in [2.05, 4.69) is 20.6 Å². The van der Waals surface area contributed by atoms with Gasteiger partial charge >= 0.3 is 7.12 Å². The molecular weight excluding hydrogens is 393 g/mol. The number of pyridine rings is 1. The molecule has 0 fully saturated rings. The molecule has 1 aromatic heterocycles. The number of fused-ring (bicyclic) bond motifs is 1. The number of carbonyl (C=O) groups excluding carboxylic acids is 1. The molecule has 2 aromatic carbocycles. The van der Waals surface area contributed by atoms with Crippen LogP contribution in [0.3, 0.4) is 0 Å². The SMILES string of the molecule is O=C(CCC1CN(c2cccnc2)N=N1)NC(Cc1ccc2ccccc2c1)B(O)O. The van der Waals surface area contributed by atoms with E-state index in [1.54, 1.807) is 17.4 Å². The largest absolute Gasteiger partial charge is 0.475 e. The van der Waals surface area contributed by atoms with Crippen LogP contribution in [0.25, 0.3) is 10.8 Å². The van der Waals surface area contributed by atoms with E-state index in [1.165, 1.54) is 0 Å². The monoisotopic (exact) mass is 417 g/mol. The number of nitrogens with zero attached hydrogens (tertiary/aromatic N) is 4. The summed E-state index contributed by atoms with van der Waals surface area (Å²) in [5, 5.41) is 34.6. The van der Waals surface area contributed by atoms with Crippen LogP contribution >= 0.6 is 0 Å². The Bertz CT molecular complexity index is 1060. The van der Waals surface area contributed by atoms with Gasteiger partial charge in [-0.05, 0) is 41.3 Å². The van der Waals surface area contributed by atoms with Crippen LogP contribution in [0.2, 0.25) is 0 Å². The van der Waals surface area contributed by atoms with Crippen LogP contribution < -0.4 is 10.3 Å². The van der Waals surface area contributed by atoms with Crippen LogP contribution in [0.4, 0.5) is 5.69 Å². The second kappa shape index (κ2) is 9.68. The third kappa shape index (κ3) is 5.45. The Morgan fingerprint density at radius 2 is 2.00 bits per heavy atom. The number of aromatic nitrogens is 1. The molecule has 1 aliphatic heterocycles. The maximum Gasteiger partial charge on any atom is 0.475 e. The molecule has 2 unspecified atom stereocenters. The third-order valence-corrected chi connectivity index (χ3v) is 5.33. The molecule has 0 aliphatic carbocycles. The van der Waals surface area contributed by atoms with Gasteiger partial charge in [0.2, 0.25) is 5.91 Å². The number of amides is 1. The molecule has 3 N–H and O–H groups in total. The fourth-order valence-electron chi connectivity index (χ4n) is 3.65. The molecule has 1 amide bonds. The lowest BCUT2D eigenvalue weighted by Gasteiger charge is -2.19. The Balaban J connectivity index is 1.29. The lowest BCUT2D eigenvalue weighted by atomic mass is 9.75. The zero-order valence-electron chi connectivity index (χ0n) is 17.0. The summed E-state index contributed by atoms with van der Waals surface area (Å²) < 4.78 is 0. The van der Waals surface area contributed by atoms with Gasteiger partial charge in [0.1, 0.15) is 0 Å². The van der Waals surface area contributed by atoms with Gasteiger partial charge in [0.25, 0.3) is 0 Å². The van der Waals surface area contributed by atoms with Crippen molar-refractivity contribution in [3.8, 4) is 0 Å². The first kappa shape index (κ1) is 21.0. The molecule has 2 atom stereocenters. The number of hydrogen-bond donors (Lipinski definition) is 3. The molecule has 9 heteroatoms. The first-order valence-corrected chi connectivity index (χ1v) is 10.3. The molecule has 31 heavy (non-hydrogen) atoms. The molecule has 8 nitrogen and oxygen atoms in total. The predicted octanol–water partition coefficient (Wildman–Crippen LogP) is 2.31. The van der Waals surface area contributed by atoms with E-state index in [0.717, 1.165) is 22.0 Å². The zero-order valence-corrected chi connectivity index (χ0v) is 17.0. The van der Waals surface area contributed by atoms with Gasteiger partial charge < -0.3 is 15.4 Å². The maximum atomic E-state index is 12.4. The summed E-state index contributed by atoms with van der Waals surface area (Å²) in [5.41, 5.74) is 1.78. The van der Waals surface area contributed by atoms with E-state index < -0.39 is 13.1 Å². The minimum atomic E-state index is -1.65.